The van der Waals surface area contributed by atoms with Crippen LogP contribution in [-0.4, -0.2) is 19.2 Å². The Morgan fingerprint density at radius 2 is 2.17 bits per heavy atom. The Balaban J connectivity index is 2.40. The Morgan fingerprint density at radius 3 is 2.72 bits per heavy atom. The molecule has 1 N–H and O–H groups in total. The first-order valence-electron chi connectivity index (χ1n) is 6.15. The lowest BCUT2D eigenvalue weighted by atomic mass is 9.92. The first-order chi connectivity index (χ1) is 8.67. The maximum absolute atomic E-state index is 13.3. The lowest BCUT2D eigenvalue weighted by Crippen LogP contribution is -2.41. The van der Waals surface area contributed by atoms with Gasteiger partial charge in [-0.1, -0.05) is 19.1 Å². The summed E-state index contributed by atoms with van der Waals surface area (Å²) in [4.78, 5) is 0. The fraction of sp³-hybridized carbons (Fsp3) is 0.500. The van der Waals surface area contributed by atoms with Crippen molar-refractivity contribution < 1.29 is 9.13 Å². The third-order valence-electron chi connectivity index (χ3n) is 3.14. The number of benzene rings is 1. The summed E-state index contributed by atoms with van der Waals surface area (Å²) in [7, 11) is 1.78. The van der Waals surface area contributed by atoms with E-state index in [1.54, 1.807) is 25.2 Å². The number of hydrogen-bond acceptors (Lipinski definition) is 3. The summed E-state index contributed by atoms with van der Waals surface area (Å²) >= 11 is 0. The van der Waals surface area contributed by atoms with Gasteiger partial charge in [0.1, 0.15) is 5.54 Å². The van der Waals surface area contributed by atoms with E-state index in [1.165, 1.54) is 6.07 Å². The molecule has 1 atom stereocenters. The average molecular weight is 250 g/mol. The van der Waals surface area contributed by atoms with Gasteiger partial charge in [0, 0.05) is 0 Å². The predicted molar refractivity (Wildman–Crippen MR) is 68.8 cm³/mol. The van der Waals surface area contributed by atoms with E-state index in [-0.39, 0.29) is 11.6 Å². The van der Waals surface area contributed by atoms with Crippen LogP contribution in [0.2, 0.25) is 0 Å². The molecule has 1 rings (SSSR count). The van der Waals surface area contributed by atoms with Gasteiger partial charge in [-0.05, 0) is 38.4 Å². The molecular weight excluding hydrogens is 231 g/mol. The molecule has 1 unspecified atom stereocenters. The predicted octanol–water partition coefficient (Wildman–Crippen LogP) is 2.88. The molecular formula is C14H19FN2O. The zero-order chi connectivity index (χ0) is 13.4. The molecule has 3 nitrogen and oxygen atoms in total. The molecule has 0 aliphatic rings. The number of ether oxygens (including phenoxy) is 1. The van der Waals surface area contributed by atoms with E-state index in [2.05, 4.69) is 11.4 Å². The molecule has 18 heavy (non-hydrogen) atoms. The smallest absolute Gasteiger partial charge is 0.165 e. The van der Waals surface area contributed by atoms with Crippen LogP contribution < -0.4 is 10.1 Å². The minimum absolute atomic E-state index is 0.265. The Bertz CT molecular complexity index is 411. The number of nitrogens with zero attached hydrogens (tertiary/aromatic N) is 1. The van der Waals surface area contributed by atoms with Crippen LogP contribution in [-0.2, 0) is 0 Å². The number of nitrogens with one attached hydrogen (secondary N) is 1. The van der Waals surface area contributed by atoms with Gasteiger partial charge >= 0.3 is 0 Å². The van der Waals surface area contributed by atoms with E-state index in [9.17, 15) is 4.39 Å². The van der Waals surface area contributed by atoms with Gasteiger partial charge in [0.2, 0.25) is 0 Å². The maximum atomic E-state index is 13.3. The van der Waals surface area contributed by atoms with E-state index in [0.29, 0.717) is 19.4 Å². The van der Waals surface area contributed by atoms with Crippen LogP contribution in [0.15, 0.2) is 24.3 Å². The van der Waals surface area contributed by atoms with Crippen LogP contribution >= 0.6 is 0 Å². The third-order valence-corrected chi connectivity index (χ3v) is 3.14. The molecule has 0 aromatic heterocycles. The van der Waals surface area contributed by atoms with Crippen molar-refractivity contribution in [3.63, 3.8) is 0 Å². The van der Waals surface area contributed by atoms with Crippen LogP contribution in [0.5, 0.6) is 5.75 Å². The summed E-state index contributed by atoms with van der Waals surface area (Å²) in [5.41, 5.74) is -0.501. The lowest BCUT2D eigenvalue weighted by Gasteiger charge is -2.24. The summed E-state index contributed by atoms with van der Waals surface area (Å²) in [6.45, 7) is 2.38. The standard InChI is InChI=1S/C14H19FN2O/c1-3-14(11-16,17-2)9-6-10-18-13-8-5-4-7-12(13)15/h4-5,7-8,17H,3,6,9-10H2,1-2H3. The molecule has 0 amide bonds. The van der Waals surface area contributed by atoms with Crippen molar-refractivity contribution in [3.05, 3.63) is 30.1 Å². The molecule has 0 saturated carbocycles. The highest BCUT2D eigenvalue weighted by Crippen LogP contribution is 2.18. The summed E-state index contributed by atoms with van der Waals surface area (Å²) in [6, 6.07) is 8.62. The second kappa shape index (κ2) is 6.97. The Labute approximate surface area is 108 Å². The quantitative estimate of drug-likeness (QED) is 0.757. The van der Waals surface area contributed by atoms with Gasteiger partial charge in [0.25, 0.3) is 0 Å². The molecule has 1 aromatic rings. The number of hydrogen-bond donors (Lipinski definition) is 1. The van der Waals surface area contributed by atoms with E-state index in [4.69, 9.17) is 10.00 Å². The summed E-state index contributed by atoms with van der Waals surface area (Å²) in [5.74, 6) is -0.0887. The van der Waals surface area contributed by atoms with Crippen molar-refractivity contribution in [3.8, 4) is 11.8 Å². The van der Waals surface area contributed by atoms with Crippen LogP contribution in [0.3, 0.4) is 0 Å². The van der Waals surface area contributed by atoms with E-state index < -0.39 is 5.54 Å². The van der Waals surface area contributed by atoms with Gasteiger partial charge in [-0.3, -0.25) is 0 Å². The zero-order valence-electron chi connectivity index (χ0n) is 10.9. The molecule has 0 radical (unpaired) electrons. The molecule has 0 aliphatic carbocycles. The first kappa shape index (κ1) is 14.5. The van der Waals surface area contributed by atoms with Crippen molar-refractivity contribution in [2.24, 2.45) is 0 Å². The second-order valence-corrected chi connectivity index (χ2v) is 4.18. The van der Waals surface area contributed by atoms with Crippen molar-refractivity contribution in [1.29, 1.82) is 5.26 Å². The number of rotatable bonds is 7. The highest BCUT2D eigenvalue weighted by molar-refractivity contribution is 5.23. The monoisotopic (exact) mass is 250 g/mol. The van der Waals surface area contributed by atoms with Crippen LogP contribution in [0, 0.1) is 17.1 Å². The number of halogens is 1. The van der Waals surface area contributed by atoms with E-state index in [0.717, 1.165) is 6.42 Å². The fourth-order valence-corrected chi connectivity index (χ4v) is 1.79. The minimum Gasteiger partial charge on any atom is -0.491 e. The van der Waals surface area contributed by atoms with Gasteiger partial charge in [-0.25, -0.2) is 4.39 Å². The highest BCUT2D eigenvalue weighted by Gasteiger charge is 2.24. The SMILES string of the molecule is CCC(C#N)(CCCOc1ccccc1F)NC. The zero-order valence-corrected chi connectivity index (χ0v) is 10.9. The molecule has 0 saturated heterocycles. The summed E-state index contributed by atoms with van der Waals surface area (Å²) < 4.78 is 18.6. The van der Waals surface area contributed by atoms with Gasteiger partial charge in [-0.2, -0.15) is 5.26 Å². The highest BCUT2D eigenvalue weighted by atomic mass is 19.1. The fourth-order valence-electron chi connectivity index (χ4n) is 1.79. The molecule has 0 bridgehead atoms. The van der Waals surface area contributed by atoms with Crippen molar-refractivity contribution >= 4 is 0 Å². The van der Waals surface area contributed by atoms with Gasteiger partial charge in [-0.15, -0.1) is 0 Å². The largest absolute Gasteiger partial charge is 0.491 e. The maximum Gasteiger partial charge on any atom is 0.165 e. The van der Waals surface area contributed by atoms with Crippen LogP contribution in [0.25, 0.3) is 0 Å². The van der Waals surface area contributed by atoms with Crippen molar-refractivity contribution in [2.75, 3.05) is 13.7 Å². The number of para-hydroxylation sites is 1. The number of nitriles is 1. The topological polar surface area (TPSA) is 45.0 Å². The Kier molecular flexibility index (Phi) is 5.60. The molecule has 1 aromatic carbocycles. The molecule has 0 fully saturated rings. The minimum atomic E-state index is -0.501. The summed E-state index contributed by atoms with van der Waals surface area (Å²) in [6.07, 6.45) is 2.13. The molecule has 0 aliphatic heterocycles. The van der Waals surface area contributed by atoms with E-state index >= 15 is 0 Å². The van der Waals surface area contributed by atoms with Gasteiger partial charge in [0.05, 0.1) is 12.7 Å². The van der Waals surface area contributed by atoms with Gasteiger partial charge in [0.15, 0.2) is 11.6 Å². The van der Waals surface area contributed by atoms with E-state index in [1.807, 2.05) is 6.92 Å². The normalized spacial score (nSPS) is 13.7. The van der Waals surface area contributed by atoms with Crippen LogP contribution in [0.1, 0.15) is 26.2 Å². The van der Waals surface area contributed by atoms with Gasteiger partial charge < -0.3 is 10.1 Å². The molecule has 0 spiro atoms. The molecule has 0 heterocycles. The third kappa shape index (κ3) is 3.71. The summed E-state index contributed by atoms with van der Waals surface area (Å²) in [5, 5.41) is 12.2. The lowest BCUT2D eigenvalue weighted by molar-refractivity contribution is 0.271. The van der Waals surface area contributed by atoms with Crippen LogP contribution in [0.4, 0.5) is 4.39 Å². The first-order valence-corrected chi connectivity index (χ1v) is 6.15. The Hall–Kier alpha value is -1.60. The van der Waals surface area contributed by atoms with Crippen molar-refractivity contribution in [2.45, 2.75) is 31.7 Å². The van der Waals surface area contributed by atoms with Crippen molar-refractivity contribution in [1.82, 2.24) is 5.32 Å². The second-order valence-electron chi connectivity index (χ2n) is 4.18. The molecule has 98 valence electrons. The average Bonchev–Trinajstić information content (AvgIpc) is 2.42. The Morgan fingerprint density at radius 1 is 1.44 bits per heavy atom. The molecule has 4 heteroatoms.